The van der Waals surface area contributed by atoms with E-state index >= 15 is 0 Å². The number of rotatable bonds is 5. The van der Waals surface area contributed by atoms with Crippen molar-refractivity contribution in [3.8, 4) is 0 Å². The third kappa shape index (κ3) is 4.21. The Labute approximate surface area is 150 Å². The van der Waals surface area contributed by atoms with Gasteiger partial charge in [0.05, 0.1) is 17.1 Å². The van der Waals surface area contributed by atoms with E-state index in [-0.39, 0.29) is 11.7 Å². The first kappa shape index (κ1) is 17.1. The summed E-state index contributed by atoms with van der Waals surface area (Å²) in [7, 11) is 1.85. The average Bonchev–Trinajstić information content (AvgIpc) is 2.99. The highest BCUT2D eigenvalue weighted by Crippen LogP contribution is 2.31. The molecule has 1 N–H and O–H groups in total. The van der Waals surface area contributed by atoms with Gasteiger partial charge in [0.15, 0.2) is 5.16 Å². The minimum absolute atomic E-state index is 0.0801. The van der Waals surface area contributed by atoms with Crippen molar-refractivity contribution < 1.29 is 4.79 Å². The zero-order valence-corrected chi connectivity index (χ0v) is 15.1. The van der Waals surface area contributed by atoms with Crippen molar-refractivity contribution >= 4 is 40.6 Å². The summed E-state index contributed by atoms with van der Waals surface area (Å²) >= 11 is 7.48. The Morgan fingerprint density at radius 1 is 1.33 bits per heavy atom. The molecule has 0 spiro atoms. The van der Waals surface area contributed by atoms with Crippen molar-refractivity contribution in [1.29, 1.82) is 0 Å². The molecule has 2 heterocycles. The van der Waals surface area contributed by atoms with Gasteiger partial charge in [0.25, 0.3) is 0 Å². The van der Waals surface area contributed by atoms with Crippen molar-refractivity contribution in [2.24, 2.45) is 7.05 Å². The van der Waals surface area contributed by atoms with E-state index in [0.717, 1.165) is 24.5 Å². The van der Waals surface area contributed by atoms with Gasteiger partial charge >= 0.3 is 0 Å². The molecule has 24 heavy (non-hydrogen) atoms. The van der Waals surface area contributed by atoms with Crippen molar-refractivity contribution in [3.63, 3.8) is 0 Å². The van der Waals surface area contributed by atoms with Gasteiger partial charge in [-0.25, -0.2) is 0 Å². The van der Waals surface area contributed by atoms with Gasteiger partial charge < -0.3 is 14.8 Å². The minimum Gasteiger partial charge on any atom is -0.370 e. The van der Waals surface area contributed by atoms with Crippen LogP contribution in [0.2, 0.25) is 5.02 Å². The molecule has 8 heteroatoms. The molecule has 0 radical (unpaired) electrons. The molecule has 3 rings (SSSR count). The van der Waals surface area contributed by atoms with Gasteiger partial charge in [-0.3, -0.25) is 4.79 Å². The van der Waals surface area contributed by atoms with Crippen molar-refractivity contribution in [1.82, 2.24) is 14.8 Å². The van der Waals surface area contributed by atoms with Crippen LogP contribution in [-0.4, -0.2) is 39.5 Å². The number of hydrogen-bond acceptors (Lipinski definition) is 5. The number of halogens is 1. The lowest BCUT2D eigenvalue weighted by atomic mass is 10.1. The minimum atomic E-state index is -0.0801. The summed E-state index contributed by atoms with van der Waals surface area (Å²) in [6.07, 6.45) is 5.24. The highest BCUT2D eigenvalue weighted by atomic mass is 35.5. The van der Waals surface area contributed by atoms with Gasteiger partial charge in [0, 0.05) is 25.2 Å². The van der Waals surface area contributed by atoms with Crippen molar-refractivity contribution in [3.05, 3.63) is 29.5 Å². The molecular formula is C16H20ClN5OS. The summed E-state index contributed by atoms with van der Waals surface area (Å²) in [5, 5.41) is 12.1. The van der Waals surface area contributed by atoms with Crippen LogP contribution < -0.4 is 10.2 Å². The SMILES string of the molecule is Cn1cnnc1SCC(=O)Nc1cc(Cl)ccc1N1CCCCC1. The van der Waals surface area contributed by atoms with E-state index in [9.17, 15) is 4.79 Å². The van der Waals surface area contributed by atoms with Crippen LogP contribution in [0.15, 0.2) is 29.7 Å². The van der Waals surface area contributed by atoms with Crippen LogP contribution in [0.25, 0.3) is 0 Å². The third-order valence-corrected chi connectivity index (χ3v) is 5.20. The number of amides is 1. The van der Waals surface area contributed by atoms with Crippen molar-refractivity contribution in [2.45, 2.75) is 24.4 Å². The molecule has 1 fully saturated rings. The lowest BCUT2D eigenvalue weighted by Gasteiger charge is -2.30. The van der Waals surface area contributed by atoms with E-state index in [1.54, 1.807) is 10.9 Å². The van der Waals surface area contributed by atoms with E-state index < -0.39 is 0 Å². The predicted molar refractivity (Wildman–Crippen MR) is 97.9 cm³/mol. The Morgan fingerprint density at radius 3 is 2.83 bits per heavy atom. The Balaban J connectivity index is 1.67. The first-order valence-corrected chi connectivity index (χ1v) is 9.31. The van der Waals surface area contributed by atoms with Crippen LogP contribution in [-0.2, 0) is 11.8 Å². The summed E-state index contributed by atoms with van der Waals surface area (Å²) in [5.74, 6) is 0.196. The third-order valence-electron chi connectivity index (χ3n) is 3.93. The number of nitrogens with one attached hydrogen (secondary N) is 1. The standard InChI is InChI=1S/C16H20ClN5OS/c1-21-11-18-20-16(21)24-10-15(23)19-13-9-12(17)5-6-14(13)22-7-3-2-4-8-22/h5-6,9,11H,2-4,7-8,10H2,1H3,(H,19,23). The number of hydrogen-bond donors (Lipinski definition) is 1. The summed E-state index contributed by atoms with van der Waals surface area (Å²) in [6, 6.07) is 5.67. The molecule has 1 saturated heterocycles. The number of carbonyl (C=O) groups excluding carboxylic acids is 1. The molecule has 0 unspecified atom stereocenters. The van der Waals surface area contributed by atoms with E-state index in [2.05, 4.69) is 20.4 Å². The van der Waals surface area contributed by atoms with Crippen LogP contribution >= 0.6 is 23.4 Å². The second-order valence-electron chi connectivity index (χ2n) is 5.77. The Kier molecular flexibility index (Phi) is 5.63. The molecule has 1 amide bonds. The number of thioether (sulfide) groups is 1. The number of nitrogens with zero attached hydrogens (tertiary/aromatic N) is 4. The predicted octanol–water partition coefficient (Wildman–Crippen LogP) is 3.19. The summed E-state index contributed by atoms with van der Waals surface area (Å²) in [4.78, 5) is 14.6. The fourth-order valence-corrected chi connectivity index (χ4v) is 3.60. The highest BCUT2D eigenvalue weighted by Gasteiger charge is 2.16. The molecule has 1 aliphatic heterocycles. The lowest BCUT2D eigenvalue weighted by Crippen LogP contribution is -2.30. The van der Waals surface area contributed by atoms with Crippen molar-refractivity contribution in [2.75, 3.05) is 29.1 Å². The number of aromatic nitrogens is 3. The van der Waals surface area contributed by atoms with Gasteiger partial charge in [0.2, 0.25) is 5.91 Å². The number of carbonyl (C=O) groups is 1. The molecule has 2 aromatic rings. The van der Waals surface area contributed by atoms with E-state index in [4.69, 9.17) is 11.6 Å². The van der Waals surface area contributed by atoms with E-state index in [1.165, 1.54) is 31.0 Å². The Morgan fingerprint density at radius 2 is 2.12 bits per heavy atom. The number of anilines is 2. The van der Waals surface area contributed by atoms with Gasteiger partial charge in [-0.2, -0.15) is 0 Å². The van der Waals surface area contributed by atoms with Gasteiger partial charge in [0.1, 0.15) is 6.33 Å². The average molecular weight is 366 g/mol. The molecule has 0 saturated carbocycles. The molecule has 6 nitrogen and oxygen atoms in total. The number of piperidine rings is 1. The fraction of sp³-hybridized carbons (Fsp3) is 0.438. The molecule has 0 bridgehead atoms. The zero-order chi connectivity index (χ0) is 16.9. The maximum atomic E-state index is 12.3. The topological polar surface area (TPSA) is 63.1 Å². The molecular weight excluding hydrogens is 346 g/mol. The number of benzene rings is 1. The van der Waals surface area contributed by atoms with Crippen LogP contribution in [0, 0.1) is 0 Å². The maximum absolute atomic E-state index is 12.3. The normalized spacial score (nSPS) is 14.7. The van der Waals surface area contributed by atoms with Gasteiger partial charge in [-0.05, 0) is 37.5 Å². The smallest absolute Gasteiger partial charge is 0.234 e. The van der Waals surface area contributed by atoms with E-state index in [0.29, 0.717) is 10.2 Å². The zero-order valence-electron chi connectivity index (χ0n) is 13.5. The lowest BCUT2D eigenvalue weighted by molar-refractivity contribution is -0.113. The highest BCUT2D eigenvalue weighted by molar-refractivity contribution is 7.99. The van der Waals surface area contributed by atoms with Crippen LogP contribution in [0.1, 0.15) is 19.3 Å². The summed E-state index contributed by atoms with van der Waals surface area (Å²) < 4.78 is 1.79. The summed E-state index contributed by atoms with van der Waals surface area (Å²) in [5.41, 5.74) is 1.81. The quantitative estimate of drug-likeness (QED) is 0.824. The monoisotopic (exact) mass is 365 g/mol. The molecule has 0 atom stereocenters. The fourth-order valence-electron chi connectivity index (χ4n) is 2.74. The molecule has 1 aromatic carbocycles. The maximum Gasteiger partial charge on any atom is 0.234 e. The molecule has 0 aliphatic carbocycles. The Hall–Kier alpha value is -1.73. The van der Waals surface area contributed by atoms with Gasteiger partial charge in [-0.15, -0.1) is 10.2 Å². The Bertz CT molecular complexity index is 714. The van der Waals surface area contributed by atoms with Crippen LogP contribution in [0.4, 0.5) is 11.4 Å². The van der Waals surface area contributed by atoms with Gasteiger partial charge in [-0.1, -0.05) is 23.4 Å². The number of aryl methyl sites for hydroxylation is 1. The largest absolute Gasteiger partial charge is 0.370 e. The second-order valence-corrected chi connectivity index (χ2v) is 7.15. The summed E-state index contributed by atoms with van der Waals surface area (Å²) in [6.45, 7) is 2.02. The molecule has 1 aromatic heterocycles. The van der Waals surface area contributed by atoms with Crippen LogP contribution in [0.3, 0.4) is 0 Å². The first-order chi connectivity index (χ1) is 11.6. The first-order valence-electron chi connectivity index (χ1n) is 7.94. The second kappa shape index (κ2) is 7.90. The molecule has 1 aliphatic rings. The molecule has 128 valence electrons. The van der Waals surface area contributed by atoms with Crippen LogP contribution in [0.5, 0.6) is 0 Å². The van der Waals surface area contributed by atoms with E-state index in [1.807, 2.05) is 25.2 Å².